The van der Waals surface area contributed by atoms with Crippen molar-refractivity contribution in [3.63, 3.8) is 0 Å². The lowest BCUT2D eigenvalue weighted by Gasteiger charge is -2.13. The highest BCUT2D eigenvalue weighted by Gasteiger charge is 2.18. The van der Waals surface area contributed by atoms with Crippen molar-refractivity contribution in [2.24, 2.45) is 0 Å². The van der Waals surface area contributed by atoms with E-state index in [0.717, 1.165) is 36.3 Å². The van der Waals surface area contributed by atoms with Gasteiger partial charge in [0.15, 0.2) is 0 Å². The number of nitrogens with one attached hydrogen (secondary N) is 2. The van der Waals surface area contributed by atoms with Crippen molar-refractivity contribution in [2.45, 2.75) is 19.6 Å². The first-order chi connectivity index (χ1) is 11.8. The van der Waals surface area contributed by atoms with Crippen LogP contribution in [0.3, 0.4) is 0 Å². The fourth-order valence-electron chi connectivity index (χ4n) is 2.96. The van der Waals surface area contributed by atoms with E-state index in [-0.39, 0.29) is 0 Å². The van der Waals surface area contributed by atoms with Gasteiger partial charge in [-0.2, -0.15) is 5.10 Å². The minimum atomic E-state index is 0.502. The maximum Gasteiger partial charge on any atom is 0.138 e. The van der Waals surface area contributed by atoms with Crippen LogP contribution in [0.15, 0.2) is 48.5 Å². The van der Waals surface area contributed by atoms with Gasteiger partial charge in [0.25, 0.3) is 0 Å². The van der Waals surface area contributed by atoms with Gasteiger partial charge in [-0.05, 0) is 23.8 Å². The first-order valence-corrected chi connectivity index (χ1v) is 8.42. The summed E-state index contributed by atoms with van der Waals surface area (Å²) >= 11 is 6.42. The summed E-state index contributed by atoms with van der Waals surface area (Å²) in [5.74, 6) is 0.687. The number of fused-ring (bicyclic) bond motifs is 1. The highest BCUT2D eigenvalue weighted by atomic mass is 35.5. The molecule has 1 aliphatic rings. The summed E-state index contributed by atoms with van der Waals surface area (Å²) in [5, 5.41) is 11.6. The van der Waals surface area contributed by atoms with Crippen LogP contribution in [0.1, 0.15) is 16.8 Å². The molecule has 0 atom stereocenters. The van der Waals surface area contributed by atoms with Gasteiger partial charge < -0.3 is 10.1 Å². The quantitative estimate of drug-likeness (QED) is 0.756. The van der Waals surface area contributed by atoms with Crippen LogP contribution in [0.25, 0.3) is 11.3 Å². The number of ether oxygens (including phenoxy) is 1. The van der Waals surface area contributed by atoms with Gasteiger partial charge >= 0.3 is 0 Å². The van der Waals surface area contributed by atoms with Gasteiger partial charge in [0.1, 0.15) is 12.4 Å². The predicted octanol–water partition coefficient (Wildman–Crippen LogP) is 3.95. The predicted molar refractivity (Wildman–Crippen MR) is 95.2 cm³/mol. The van der Waals surface area contributed by atoms with Gasteiger partial charge in [-0.1, -0.05) is 41.9 Å². The zero-order valence-electron chi connectivity index (χ0n) is 13.2. The fourth-order valence-corrected chi connectivity index (χ4v) is 3.20. The van der Waals surface area contributed by atoms with E-state index in [1.54, 1.807) is 0 Å². The lowest BCUT2D eigenvalue weighted by atomic mass is 10.0. The maximum atomic E-state index is 6.42. The standard InChI is InChI=1S/C19H18ClN3O/c20-16-10-14(19-15-11-21-9-8-17(15)22-23-19)6-7-18(16)24-12-13-4-2-1-3-5-13/h1-7,10,21H,8-9,11-12H2,(H,22,23). The Hall–Kier alpha value is -2.30. The second-order valence-electron chi connectivity index (χ2n) is 5.88. The number of halogens is 1. The van der Waals surface area contributed by atoms with E-state index in [1.165, 1.54) is 11.3 Å². The molecule has 0 saturated carbocycles. The van der Waals surface area contributed by atoms with E-state index in [9.17, 15) is 0 Å². The van der Waals surface area contributed by atoms with Crippen molar-refractivity contribution in [2.75, 3.05) is 6.54 Å². The lowest BCUT2D eigenvalue weighted by Crippen LogP contribution is -2.23. The van der Waals surface area contributed by atoms with Crippen LogP contribution in [0.5, 0.6) is 5.75 Å². The van der Waals surface area contributed by atoms with Crippen LogP contribution in [-0.4, -0.2) is 16.7 Å². The van der Waals surface area contributed by atoms with Gasteiger partial charge in [-0.15, -0.1) is 0 Å². The number of nitrogens with zero attached hydrogens (tertiary/aromatic N) is 1. The number of H-pyrrole nitrogens is 1. The van der Waals surface area contributed by atoms with E-state index >= 15 is 0 Å². The summed E-state index contributed by atoms with van der Waals surface area (Å²) < 4.78 is 5.84. The molecule has 2 aromatic carbocycles. The Bertz CT molecular complexity index is 845. The van der Waals surface area contributed by atoms with Crippen LogP contribution < -0.4 is 10.1 Å². The molecule has 4 nitrogen and oxygen atoms in total. The van der Waals surface area contributed by atoms with E-state index < -0.39 is 0 Å². The molecule has 0 bridgehead atoms. The Morgan fingerprint density at radius 1 is 1.12 bits per heavy atom. The van der Waals surface area contributed by atoms with E-state index in [2.05, 4.69) is 15.5 Å². The topological polar surface area (TPSA) is 49.9 Å². The first-order valence-electron chi connectivity index (χ1n) is 8.05. The van der Waals surface area contributed by atoms with E-state index in [4.69, 9.17) is 16.3 Å². The van der Waals surface area contributed by atoms with Crippen molar-refractivity contribution in [1.82, 2.24) is 15.5 Å². The minimum absolute atomic E-state index is 0.502. The third kappa shape index (κ3) is 3.03. The molecule has 3 aromatic rings. The fraction of sp³-hybridized carbons (Fsp3) is 0.211. The highest BCUT2D eigenvalue weighted by molar-refractivity contribution is 6.32. The number of benzene rings is 2. The Kier molecular flexibility index (Phi) is 4.24. The number of hydrogen-bond acceptors (Lipinski definition) is 3. The Labute approximate surface area is 145 Å². The molecule has 5 heteroatoms. The molecule has 24 heavy (non-hydrogen) atoms. The zero-order valence-corrected chi connectivity index (χ0v) is 13.9. The summed E-state index contributed by atoms with van der Waals surface area (Å²) in [5.41, 5.74) is 5.53. The van der Waals surface area contributed by atoms with Crippen LogP contribution in [0, 0.1) is 0 Å². The number of rotatable bonds is 4. The molecule has 0 amide bonds. The molecule has 122 valence electrons. The number of aromatic nitrogens is 2. The maximum absolute atomic E-state index is 6.42. The summed E-state index contributed by atoms with van der Waals surface area (Å²) in [4.78, 5) is 0. The summed E-state index contributed by atoms with van der Waals surface area (Å²) in [6.07, 6.45) is 0.980. The first kappa shape index (κ1) is 15.2. The summed E-state index contributed by atoms with van der Waals surface area (Å²) in [6.45, 7) is 2.33. The molecule has 0 spiro atoms. The van der Waals surface area contributed by atoms with Crippen LogP contribution in [0.4, 0.5) is 0 Å². The largest absolute Gasteiger partial charge is 0.487 e. The second kappa shape index (κ2) is 6.67. The molecule has 1 aliphatic heterocycles. The smallest absolute Gasteiger partial charge is 0.138 e. The zero-order chi connectivity index (χ0) is 16.4. The van der Waals surface area contributed by atoms with Crippen molar-refractivity contribution < 1.29 is 4.74 Å². The molecule has 4 rings (SSSR count). The molecule has 0 aliphatic carbocycles. The van der Waals surface area contributed by atoms with Crippen molar-refractivity contribution in [1.29, 1.82) is 0 Å². The van der Waals surface area contributed by atoms with E-state index in [0.29, 0.717) is 17.4 Å². The van der Waals surface area contributed by atoms with Gasteiger partial charge in [-0.3, -0.25) is 5.10 Å². The van der Waals surface area contributed by atoms with Gasteiger partial charge in [0.2, 0.25) is 0 Å². The Balaban J connectivity index is 1.55. The van der Waals surface area contributed by atoms with Gasteiger partial charge in [0, 0.05) is 36.3 Å². The molecule has 1 aromatic heterocycles. The van der Waals surface area contributed by atoms with E-state index in [1.807, 2.05) is 48.5 Å². The third-order valence-corrected chi connectivity index (χ3v) is 4.54. The van der Waals surface area contributed by atoms with Gasteiger partial charge in [0.05, 0.1) is 10.7 Å². The molecule has 2 N–H and O–H groups in total. The molecule has 0 radical (unpaired) electrons. The average molecular weight is 340 g/mol. The van der Waals surface area contributed by atoms with Crippen LogP contribution in [-0.2, 0) is 19.6 Å². The van der Waals surface area contributed by atoms with Crippen molar-refractivity contribution >= 4 is 11.6 Å². The van der Waals surface area contributed by atoms with Crippen molar-refractivity contribution in [3.8, 4) is 17.0 Å². The lowest BCUT2D eigenvalue weighted by molar-refractivity contribution is 0.306. The molecule has 0 saturated heterocycles. The third-order valence-electron chi connectivity index (χ3n) is 4.25. The molecule has 2 heterocycles. The molecular formula is C19H18ClN3O. The molecule has 0 unspecified atom stereocenters. The minimum Gasteiger partial charge on any atom is -0.487 e. The molecular weight excluding hydrogens is 322 g/mol. The average Bonchev–Trinajstić information content (AvgIpc) is 3.06. The Morgan fingerprint density at radius 3 is 2.83 bits per heavy atom. The Morgan fingerprint density at radius 2 is 2.00 bits per heavy atom. The number of hydrogen-bond donors (Lipinski definition) is 2. The second-order valence-corrected chi connectivity index (χ2v) is 6.28. The van der Waals surface area contributed by atoms with Crippen molar-refractivity contribution in [3.05, 3.63) is 70.4 Å². The normalized spacial score (nSPS) is 13.5. The number of aromatic amines is 1. The summed E-state index contributed by atoms with van der Waals surface area (Å²) in [6, 6.07) is 15.9. The van der Waals surface area contributed by atoms with Crippen LogP contribution >= 0.6 is 11.6 Å². The van der Waals surface area contributed by atoms with Crippen LogP contribution in [0.2, 0.25) is 5.02 Å². The van der Waals surface area contributed by atoms with Gasteiger partial charge in [-0.25, -0.2) is 0 Å². The monoisotopic (exact) mass is 339 g/mol. The highest BCUT2D eigenvalue weighted by Crippen LogP contribution is 2.32. The summed E-state index contributed by atoms with van der Waals surface area (Å²) in [7, 11) is 0. The SMILES string of the molecule is Clc1cc(-c2n[nH]c3c2CNCC3)ccc1OCc1ccccc1. The molecule has 0 fully saturated rings.